The molecule has 1 aliphatic carbocycles. The van der Waals surface area contributed by atoms with Crippen LogP contribution in [0.5, 0.6) is 5.75 Å². The van der Waals surface area contributed by atoms with Gasteiger partial charge in [-0.25, -0.2) is 0 Å². The Bertz CT molecular complexity index is 669. The van der Waals surface area contributed by atoms with Gasteiger partial charge < -0.3 is 4.74 Å². The number of hydrogen-bond donors (Lipinski definition) is 0. The van der Waals surface area contributed by atoms with Gasteiger partial charge in [0.15, 0.2) is 5.82 Å². The van der Waals surface area contributed by atoms with Crippen LogP contribution in [0.15, 0.2) is 24.3 Å². The van der Waals surface area contributed by atoms with Crippen molar-refractivity contribution < 1.29 is 4.74 Å². The van der Waals surface area contributed by atoms with Gasteiger partial charge in [-0.1, -0.05) is 20.8 Å². The Morgan fingerprint density at radius 1 is 1.16 bits per heavy atom. The predicted octanol–water partition coefficient (Wildman–Crippen LogP) is 3.42. The van der Waals surface area contributed by atoms with E-state index >= 15 is 0 Å². The van der Waals surface area contributed by atoms with Gasteiger partial charge in [0.05, 0.1) is 18.3 Å². The van der Waals surface area contributed by atoms with E-state index in [0.29, 0.717) is 0 Å². The van der Waals surface area contributed by atoms with E-state index in [2.05, 4.69) is 41.2 Å². The second-order valence-electron chi connectivity index (χ2n) is 7.00. The molecule has 1 fully saturated rings. The molecule has 0 unspecified atom stereocenters. The van der Waals surface area contributed by atoms with E-state index < -0.39 is 0 Å². The van der Waals surface area contributed by atoms with E-state index in [0.717, 1.165) is 49.1 Å². The molecule has 0 spiro atoms. The molecular weight excluding hydrogens is 314 g/mol. The number of nitrogens with zero attached hydrogens (tertiary/aromatic N) is 5. The van der Waals surface area contributed by atoms with Gasteiger partial charge in [-0.15, -0.1) is 5.10 Å². The third-order valence-electron chi connectivity index (χ3n) is 5.67. The highest BCUT2D eigenvalue weighted by Gasteiger charge is 2.44. The lowest BCUT2D eigenvalue weighted by Crippen LogP contribution is -2.50. The van der Waals surface area contributed by atoms with Crippen LogP contribution in [-0.2, 0) is 5.54 Å². The van der Waals surface area contributed by atoms with Gasteiger partial charge in [0.2, 0.25) is 0 Å². The average Bonchev–Trinajstić information content (AvgIpc) is 3.15. The van der Waals surface area contributed by atoms with E-state index in [9.17, 15) is 0 Å². The van der Waals surface area contributed by atoms with Crippen LogP contribution in [0.3, 0.4) is 0 Å². The minimum atomic E-state index is -0.0839. The minimum absolute atomic E-state index is 0.0839. The number of benzene rings is 1. The zero-order valence-electron chi connectivity index (χ0n) is 15.8. The Hall–Kier alpha value is -1.95. The van der Waals surface area contributed by atoms with Crippen LogP contribution in [0.2, 0.25) is 0 Å². The van der Waals surface area contributed by atoms with Crippen LogP contribution in [-0.4, -0.2) is 45.3 Å². The summed E-state index contributed by atoms with van der Waals surface area (Å²) >= 11 is 0. The molecule has 0 radical (unpaired) electrons. The molecule has 2 aromatic rings. The first-order valence-electron chi connectivity index (χ1n) is 9.33. The fourth-order valence-corrected chi connectivity index (χ4v) is 4.12. The summed E-state index contributed by atoms with van der Waals surface area (Å²) in [7, 11) is 1.68. The number of rotatable bonds is 6. The summed E-state index contributed by atoms with van der Waals surface area (Å²) in [6.45, 7) is 8.80. The summed E-state index contributed by atoms with van der Waals surface area (Å²) in [5.74, 6) is 2.57. The summed E-state index contributed by atoms with van der Waals surface area (Å²) in [5, 5.41) is 12.9. The van der Waals surface area contributed by atoms with E-state index in [1.165, 1.54) is 12.8 Å². The molecule has 1 aromatic carbocycles. The van der Waals surface area contributed by atoms with E-state index in [4.69, 9.17) is 4.74 Å². The standard InChI is InChI=1S/C19H29N5O/c1-5-23(6-2)19(13-11-15(3)12-14-19)18-20-21-22-24(18)16-7-9-17(25-4)10-8-16/h7-10,15H,5-6,11-14H2,1-4H3. The fourth-order valence-electron chi connectivity index (χ4n) is 4.12. The second-order valence-corrected chi connectivity index (χ2v) is 7.00. The van der Waals surface area contributed by atoms with Crippen LogP contribution < -0.4 is 4.74 Å². The Morgan fingerprint density at radius 3 is 2.36 bits per heavy atom. The summed E-state index contributed by atoms with van der Waals surface area (Å²) in [5.41, 5.74) is 0.894. The molecule has 136 valence electrons. The van der Waals surface area contributed by atoms with Crippen molar-refractivity contribution >= 4 is 0 Å². The third kappa shape index (κ3) is 3.27. The largest absolute Gasteiger partial charge is 0.497 e. The summed E-state index contributed by atoms with van der Waals surface area (Å²) in [4.78, 5) is 2.53. The summed E-state index contributed by atoms with van der Waals surface area (Å²) in [6, 6.07) is 7.93. The first kappa shape index (κ1) is 17.9. The minimum Gasteiger partial charge on any atom is -0.497 e. The van der Waals surface area contributed by atoms with Gasteiger partial charge in [-0.05, 0) is 79.4 Å². The van der Waals surface area contributed by atoms with E-state index in [-0.39, 0.29) is 5.54 Å². The normalized spacial score (nSPS) is 23.8. The van der Waals surface area contributed by atoms with Gasteiger partial charge in [0, 0.05) is 0 Å². The molecule has 0 aliphatic heterocycles. The van der Waals surface area contributed by atoms with Crippen molar-refractivity contribution in [3.05, 3.63) is 30.1 Å². The smallest absolute Gasteiger partial charge is 0.176 e. The van der Waals surface area contributed by atoms with Gasteiger partial charge >= 0.3 is 0 Å². The summed E-state index contributed by atoms with van der Waals surface area (Å²) < 4.78 is 7.18. The number of tetrazole rings is 1. The molecule has 1 heterocycles. The molecule has 1 aliphatic rings. The van der Waals surface area contributed by atoms with Crippen molar-refractivity contribution in [1.82, 2.24) is 25.1 Å². The van der Waals surface area contributed by atoms with Crippen LogP contribution in [0.1, 0.15) is 52.3 Å². The van der Waals surface area contributed by atoms with Gasteiger partial charge in [0.1, 0.15) is 5.75 Å². The predicted molar refractivity (Wildman–Crippen MR) is 97.9 cm³/mol. The number of aromatic nitrogens is 4. The molecule has 25 heavy (non-hydrogen) atoms. The zero-order chi connectivity index (χ0) is 17.9. The van der Waals surface area contributed by atoms with Crippen LogP contribution in [0, 0.1) is 5.92 Å². The third-order valence-corrected chi connectivity index (χ3v) is 5.67. The molecule has 1 aromatic heterocycles. The van der Waals surface area contributed by atoms with E-state index in [1.807, 2.05) is 28.9 Å². The molecule has 6 heteroatoms. The Morgan fingerprint density at radius 2 is 1.80 bits per heavy atom. The SMILES string of the molecule is CCN(CC)C1(c2nnnn2-c2ccc(OC)cc2)CCC(C)CC1. The number of hydrogen-bond acceptors (Lipinski definition) is 5. The van der Waals surface area contributed by atoms with Gasteiger partial charge in [-0.2, -0.15) is 4.68 Å². The van der Waals surface area contributed by atoms with Crippen LogP contribution in [0.25, 0.3) is 5.69 Å². The highest BCUT2D eigenvalue weighted by Crippen LogP contribution is 2.43. The average molecular weight is 343 g/mol. The highest BCUT2D eigenvalue weighted by atomic mass is 16.5. The first-order chi connectivity index (χ1) is 12.1. The van der Waals surface area contributed by atoms with Crippen molar-refractivity contribution in [2.75, 3.05) is 20.2 Å². The molecule has 0 bridgehead atoms. The molecule has 0 atom stereocenters. The van der Waals surface area contributed by atoms with Crippen LogP contribution >= 0.6 is 0 Å². The molecule has 3 rings (SSSR count). The first-order valence-corrected chi connectivity index (χ1v) is 9.33. The second kappa shape index (κ2) is 7.52. The number of methoxy groups -OCH3 is 1. The van der Waals surface area contributed by atoms with Crippen molar-refractivity contribution in [3.8, 4) is 11.4 Å². The topological polar surface area (TPSA) is 56.1 Å². The Balaban J connectivity index is 2.04. The quantitative estimate of drug-likeness (QED) is 0.804. The Labute approximate surface area is 150 Å². The molecule has 0 saturated heterocycles. The molecule has 0 N–H and O–H groups in total. The van der Waals surface area contributed by atoms with Crippen molar-refractivity contribution in [3.63, 3.8) is 0 Å². The monoisotopic (exact) mass is 343 g/mol. The molecule has 1 saturated carbocycles. The maximum absolute atomic E-state index is 5.27. The lowest BCUT2D eigenvalue weighted by molar-refractivity contribution is 0.0336. The zero-order valence-corrected chi connectivity index (χ0v) is 15.8. The van der Waals surface area contributed by atoms with Crippen molar-refractivity contribution in [2.24, 2.45) is 5.92 Å². The highest BCUT2D eigenvalue weighted by molar-refractivity contribution is 5.37. The van der Waals surface area contributed by atoms with Crippen LogP contribution in [0.4, 0.5) is 0 Å². The van der Waals surface area contributed by atoms with Crippen molar-refractivity contribution in [1.29, 1.82) is 0 Å². The molecule has 0 amide bonds. The molecular formula is C19H29N5O. The lowest BCUT2D eigenvalue weighted by atomic mass is 9.75. The molecule has 6 nitrogen and oxygen atoms in total. The maximum atomic E-state index is 5.27. The number of ether oxygens (including phenoxy) is 1. The Kier molecular flexibility index (Phi) is 5.37. The van der Waals surface area contributed by atoms with Gasteiger partial charge in [-0.3, -0.25) is 4.90 Å². The summed E-state index contributed by atoms with van der Waals surface area (Å²) in [6.07, 6.45) is 4.64. The fraction of sp³-hybridized carbons (Fsp3) is 0.632. The van der Waals surface area contributed by atoms with E-state index in [1.54, 1.807) is 7.11 Å². The van der Waals surface area contributed by atoms with Crippen molar-refractivity contribution in [2.45, 2.75) is 52.0 Å². The maximum Gasteiger partial charge on any atom is 0.176 e. The van der Waals surface area contributed by atoms with Gasteiger partial charge in [0.25, 0.3) is 0 Å². The lowest BCUT2D eigenvalue weighted by Gasteiger charge is -2.46.